The van der Waals surface area contributed by atoms with Gasteiger partial charge in [0.2, 0.25) is 0 Å². The highest BCUT2D eigenvalue weighted by Crippen LogP contribution is 2.22. The normalized spacial score (nSPS) is 19.3. The van der Waals surface area contributed by atoms with Gasteiger partial charge in [0, 0.05) is 43.5 Å². The number of carbonyl (C=O) groups is 1. The van der Waals surface area contributed by atoms with Crippen molar-refractivity contribution in [2.45, 2.75) is 13.0 Å². The van der Waals surface area contributed by atoms with Crippen LogP contribution in [0.1, 0.15) is 6.92 Å². The summed E-state index contributed by atoms with van der Waals surface area (Å²) in [5.41, 5.74) is 0.934. The third-order valence-corrected chi connectivity index (χ3v) is 3.30. The van der Waals surface area contributed by atoms with Gasteiger partial charge in [-0.2, -0.15) is 0 Å². The van der Waals surface area contributed by atoms with Gasteiger partial charge in [0.1, 0.15) is 0 Å². The third kappa shape index (κ3) is 2.75. The van der Waals surface area contributed by atoms with Gasteiger partial charge < -0.3 is 14.9 Å². The summed E-state index contributed by atoms with van der Waals surface area (Å²) in [4.78, 5) is 24.5. The molecule has 0 bridgehead atoms. The van der Waals surface area contributed by atoms with Gasteiger partial charge in [-0.05, 0) is 19.1 Å². The molecular weight excluding hydrogens is 250 g/mol. The zero-order chi connectivity index (χ0) is 14.0. The average Bonchev–Trinajstić information content (AvgIpc) is 2.38. The molecule has 1 unspecified atom stereocenters. The summed E-state index contributed by atoms with van der Waals surface area (Å²) < 4.78 is 0. The van der Waals surface area contributed by atoms with Gasteiger partial charge >= 0.3 is 6.09 Å². The largest absolute Gasteiger partial charge is 0.465 e. The number of amides is 1. The second-order valence-electron chi connectivity index (χ2n) is 4.54. The maximum atomic E-state index is 11.0. The fourth-order valence-corrected chi connectivity index (χ4v) is 2.26. The number of non-ortho nitro benzene ring substituents is 1. The minimum Gasteiger partial charge on any atom is -0.465 e. The van der Waals surface area contributed by atoms with Crippen molar-refractivity contribution in [2.75, 3.05) is 24.5 Å². The molecule has 7 nitrogen and oxygen atoms in total. The fourth-order valence-electron chi connectivity index (χ4n) is 2.26. The van der Waals surface area contributed by atoms with Gasteiger partial charge in [-0.1, -0.05) is 0 Å². The van der Waals surface area contributed by atoms with E-state index in [2.05, 4.69) is 0 Å². The van der Waals surface area contributed by atoms with Crippen LogP contribution in [0.2, 0.25) is 0 Å². The Labute approximate surface area is 110 Å². The van der Waals surface area contributed by atoms with Gasteiger partial charge in [-0.25, -0.2) is 4.79 Å². The molecule has 0 aliphatic carbocycles. The average molecular weight is 265 g/mol. The molecule has 1 saturated heterocycles. The van der Waals surface area contributed by atoms with Gasteiger partial charge in [-0.3, -0.25) is 10.1 Å². The molecule has 1 heterocycles. The van der Waals surface area contributed by atoms with E-state index >= 15 is 0 Å². The number of benzene rings is 1. The lowest BCUT2D eigenvalue weighted by molar-refractivity contribution is -0.384. The van der Waals surface area contributed by atoms with E-state index in [1.807, 2.05) is 11.8 Å². The molecule has 0 aromatic heterocycles. The molecule has 19 heavy (non-hydrogen) atoms. The first-order valence-corrected chi connectivity index (χ1v) is 5.98. The molecule has 1 aliphatic heterocycles. The van der Waals surface area contributed by atoms with Crippen molar-refractivity contribution in [3.8, 4) is 0 Å². The van der Waals surface area contributed by atoms with E-state index in [0.717, 1.165) is 5.69 Å². The van der Waals surface area contributed by atoms with Crippen LogP contribution in [0.15, 0.2) is 24.3 Å². The number of rotatable bonds is 2. The highest BCUT2D eigenvalue weighted by atomic mass is 16.6. The first-order chi connectivity index (χ1) is 8.99. The van der Waals surface area contributed by atoms with E-state index in [-0.39, 0.29) is 11.7 Å². The second kappa shape index (κ2) is 5.13. The standard InChI is InChI=1S/C12H15N3O4/c1-9-8-13(6-7-14(9)12(16)17)10-2-4-11(5-3-10)15(18)19/h2-5,9H,6-8H2,1H3,(H,16,17). The zero-order valence-corrected chi connectivity index (χ0v) is 10.5. The van der Waals surface area contributed by atoms with Crippen LogP contribution < -0.4 is 4.90 Å². The van der Waals surface area contributed by atoms with Crippen molar-refractivity contribution in [3.63, 3.8) is 0 Å². The monoisotopic (exact) mass is 265 g/mol. The summed E-state index contributed by atoms with van der Waals surface area (Å²) in [5.74, 6) is 0. The quantitative estimate of drug-likeness (QED) is 0.650. The molecule has 1 aromatic carbocycles. The minimum atomic E-state index is -0.907. The Morgan fingerprint density at radius 1 is 1.37 bits per heavy atom. The number of nitro benzene ring substituents is 1. The van der Waals surface area contributed by atoms with E-state index in [1.54, 1.807) is 12.1 Å². The van der Waals surface area contributed by atoms with Crippen LogP contribution in [0.25, 0.3) is 0 Å². The highest BCUT2D eigenvalue weighted by Gasteiger charge is 2.27. The molecule has 1 atom stereocenters. The van der Waals surface area contributed by atoms with Crippen molar-refractivity contribution < 1.29 is 14.8 Å². The molecule has 1 amide bonds. The van der Waals surface area contributed by atoms with E-state index < -0.39 is 11.0 Å². The van der Waals surface area contributed by atoms with E-state index in [9.17, 15) is 14.9 Å². The number of nitro groups is 1. The molecule has 7 heteroatoms. The smallest absolute Gasteiger partial charge is 0.407 e. The molecule has 1 fully saturated rings. The summed E-state index contributed by atoms with van der Waals surface area (Å²) >= 11 is 0. The molecule has 0 radical (unpaired) electrons. The SMILES string of the molecule is CC1CN(c2ccc([N+](=O)[O-])cc2)CCN1C(=O)O. The van der Waals surface area contributed by atoms with Crippen molar-refractivity contribution in [3.05, 3.63) is 34.4 Å². The molecule has 0 spiro atoms. The third-order valence-electron chi connectivity index (χ3n) is 3.30. The molecule has 1 aromatic rings. The van der Waals surface area contributed by atoms with Gasteiger partial charge in [0.25, 0.3) is 5.69 Å². The molecule has 0 saturated carbocycles. The number of hydrogen-bond donors (Lipinski definition) is 1. The van der Waals surface area contributed by atoms with Crippen molar-refractivity contribution in [1.29, 1.82) is 0 Å². The number of anilines is 1. The van der Waals surface area contributed by atoms with Crippen LogP contribution >= 0.6 is 0 Å². The second-order valence-corrected chi connectivity index (χ2v) is 4.54. The number of carboxylic acid groups (broad SMARTS) is 1. The van der Waals surface area contributed by atoms with Crippen LogP contribution in [-0.4, -0.2) is 46.7 Å². The van der Waals surface area contributed by atoms with Crippen molar-refractivity contribution in [1.82, 2.24) is 4.90 Å². The number of hydrogen-bond acceptors (Lipinski definition) is 4. The van der Waals surface area contributed by atoms with Gasteiger partial charge in [0.05, 0.1) is 4.92 Å². The van der Waals surface area contributed by atoms with Crippen LogP contribution in [0.3, 0.4) is 0 Å². The summed E-state index contributed by atoms with van der Waals surface area (Å²) in [6.07, 6.45) is -0.907. The molecule has 1 N–H and O–H groups in total. The van der Waals surface area contributed by atoms with E-state index in [0.29, 0.717) is 19.6 Å². The lowest BCUT2D eigenvalue weighted by atomic mass is 10.1. The first-order valence-electron chi connectivity index (χ1n) is 5.98. The van der Waals surface area contributed by atoms with Crippen LogP contribution in [0.4, 0.5) is 16.2 Å². The van der Waals surface area contributed by atoms with Gasteiger partial charge in [0.15, 0.2) is 0 Å². The van der Waals surface area contributed by atoms with Gasteiger partial charge in [-0.15, -0.1) is 0 Å². The predicted molar refractivity (Wildman–Crippen MR) is 69.5 cm³/mol. The minimum absolute atomic E-state index is 0.0565. The lowest BCUT2D eigenvalue weighted by Gasteiger charge is -2.39. The Hall–Kier alpha value is -2.31. The number of piperazine rings is 1. The first kappa shape index (κ1) is 13.1. The van der Waals surface area contributed by atoms with E-state index in [1.165, 1.54) is 17.0 Å². The summed E-state index contributed by atoms with van der Waals surface area (Å²) in [7, 11) is 0. The summed E-state index contributed by atoms with van der Waals surface area (Å²) in [6, 6.07) is 6.22. The highest BCUT2D eigenvalue weighted by molar-refractivity contribution is 5.66. The van der Waals surface area contributed by atoms with Crippen LogP contribution in [0, 0.1) is 10.1 Å². The summed E-state index contributed by atoms with van der Waals surface area (Å²) in [6.45, 7) is 3.47. The Morgan fingerprint density at radius 2 is 2.00 bits per heavy atom. The van der Waals surface area contributed by atoms with Crippen molar-refractivity contribution in [2.24, 2.45) is 0 Å². The Balaban J connectivity index is 2.08. The maximum Gasteiger partial charge on any atom is 0.407 e. The molecular formula is C12H15N3O4. The van der Waals surface area contributed by atoms with Crippen molar-refractivity contribution >= 4 is 17.5 Å². The molecule has 1 aliphatic rings. The Kier molecular flexibility index (Phi) is 3.55. The van der Waals surface area contributed by atoms with Crippen LogP contribution in [0.5, 0.6) is 0 Å². The Morgan fingerprint density at radius 3 is 2.47 bits per heavy atom. The molecule has 2 rings (SSSR count). The zero-order valence-electron chi connectivity index (χ0n) is 10.5. The fraction of sp³-hybridized carbons (Fsp3) is 0.417. The van der Waals surface area contributed by atoms with E-state index in [4.69, 9.17) is 5.11 Å². The topological polar surface area (TPSA) is 86.9 Å². The lowest BCUT2D eigenvalue weighted by Crippen LogP contribution is -2.53. The Bertz CT molecular complexity index is 488. The number of nitrogens with zero attached hydrogens (tertiary/aromatic N) is 3. The molecule has 102 valence electrons. The maximum absolute atomic E-state index is 11.0. The summed E-state index contributed by atoms with van der Waals surface area (Å²) in [5, 5.41) is 19.6. The van der Waals surface area contributed by atoms with Crippen LogP contribution in [-0.2, 0) is 0 Å². The predicted octanol–water partition coefficient (Wildman–Crippen LogP) is 1.78.